The Hall–Kier alpha value is -2.76. The predicted octanol–water partition coefficient (Wildman–Crippen LogP) is 3.77. The number of piperidine rings is 1. The molecule has 1 aliphatic rings. The van der Waals surface area contributed by atoms with Crippen LogP contribution in [-0.4, -0.2) is 41.8 Å². The number of H-pyrrole nitrogens is 1. The Morgan fingerprint density at radius 1 is 1.28 bits per heavy atom. The van der Waals surface area contributed by atoms with Gasteiger partial charge >= 0.3 is 0 Å². The number of hydrogen-bond acceptors (Lipinski definition) is 4. The van der Waals surface area contributed by atoms with Crippen LogP contribution in [0.2, 0.25) is 0 Å². The molecule has 1 aliphatic heterocycles. The van der Waals surface area contributed by atoms with Gasteiger partial charge in [-0.3, -0.25) is 5.10 Å². The first kappa shape index (κ1) is 19.6. The summed E-state index contributed by atoms with van der Waals surface area (Å²) in [7, 11) is -3.19. The van der Waals surface area contributed by atoms with Gasteiger partial charge in [-0.1, -0.05) is 18.2 Å². The largest absolute Gasteiger partial charge is 0.281 e. The molecular formula is C21H21FN4O2S. The predicted molar refractivity (Wildman–Crippen MR) is 109 cm³/mol. The van der Waals surface area contributed by atoms with Gasteiger partial charge in [-0.2, -0.15) is 10.4 Å². The third kappa shape index (κ3) is 3.52. The normalized spacial score (nSPS) is 16.2. The quantitative estimate of drug-likeness (QED) is 0.706. The summed E-state index contributed by atoms with van der Waals surface area (Å²) in [6.45, 7) is 2.57. The molecule has 150 valence electrons. The van der Waals surface area contributed by atoms with Gasteiger partial charge in [-0.15, -0.1) is 0 Å². The van der Waals surface area contributed by atoms with Gasteiger partial charge in [0.2, 0.25) is 10.0 Å². The summed E-state index contributed by atoms with van der Waals surface area (Å²) in [5, 5.41) is 17.8. The molecule has 6 nitrogen and oxygen atoms in total. The van der Waals surface area contributed by atoms with Crippen molar-refractivity contribution in [2.24, 2.45) is 0 Å². The molecule has 0 unspecified atom stereocenters. The Bertz CT molecular complexity index is 1210. The van der Waals surface area contributed by atoms with Gasteiger partial charge in [0.15, 0.2) is 0 Å². The van der Waals surface area contributed by atoms with E-state index in [4.69, 9.17) is 0 Å². The molecule has 1 saturated heterocycles. The van der Waals surface area contributed by atoms with E-state index in [9.17, 15) is 18.1 Å². The lowest BCUT2D eigenvalue weighted by Crippen LogP contribution is -2.38. The van der Waals surface area contributed by atoms with Crippen molar-refractivity contribution in [3.05, 3.63) is 53.5 Å². The van der Waals surface area contributed by atoms with E-state index in [1.807, 2.05) is 6.07 Å². The first-order chi connectivity index (χ1) is 13.9. The molecule has 0 amide bonds. The lowest BCUT2D eigenvalue weighted by molar-refractivity contribution is 0.318. The lowest BCUT2D eigenvalue weighted by Gasteiger charge is -2.30. The van der Waals surface area contributed by atoms with Crippen LogP contribution in [0, 0.1) is 17.1 Å². The van der Waals surface area contributed by atoms with E-state index in [1.165, 1.54) is 10.4 Å². The maximum absolute atomic E-state index is 14.3. The van der Waals surface area contributed by atoms with Gasteiger partial charge < -0.3 is 0 Å². The third-order valence-electron chi connectivity index (χ3n) is 5.61. The van der Waals surface area contributed by atoms with Crippen LogP contribution in [-0.2, 0) is 10.0 Å². The van der Waals surface area contributed by atoms with Crippen LogP contribution in [0.3, 0.4) is 0 Å². The van der Waals surface area contributed by atoms with Gasteiger partial charge in [0.05, 0.1) is 11.3 Å². The maximum Gasteiger partial charge on any atom is 0.213 e. The standard InChI is InChI=1S/C21H21FN4O2S/c1-2-29(27,28)26-9-7-14(8-10-26)20-18-12-15(17-5-3-4-6-19(17)22)11-16(13-23)21(18)25-24-20/h3-6,11-12,14H,2,7-10H2,1H3,(H,24,25). The monoisotopic (exact) mass is 412 g/mol. The van der Waals surface area contributed by atoms with Crippen molar-refractivity contribution in [1.82, 2.24) is 14.5 Å². The molecule has 8 heteroatoms. The summed E-state index contributed by atoms with van der Waals surface area (Å²) >= 11 is 0. The summed E-state index contributed by atoms with van der Waals surface area (Å²) in [5.41, 5.74) is 2.88. The molecular weight excluding hydrogens is 391 g/mol. The zero-order valence-electron chi connectivity index (χ0n) is 16.0. The van der Waals surface area contributed by atoms with Crippen molar-refractivity contribution in [3.8, 4) is 17.2 Å². The van der Waals surface area contributed by atoms with Crippen LogP contribution < -0.4 is 0 Å². The second kappa shape index (κ2) is 7.58. The molecule has 0 spiro atoms. The van der Waals surface area contributed by atoms with Crippen molar-refractivity contribution in [2.45, 2.75) is 25.7 Å². The van der Waals surface area contributed by atoms with Crippen LogP contribution in [0.1, 0.15) is 36.9 Å². The molecule has 0 saturated carbocycles. The highest BCUT2D eigenvalue weighted by Crippen LogP contribution is 2.36. The van der Waals surface area contributed by atoms with Gasteiger partial charge in [-0.05, 0) is 43.5 Å². The number of nitriles is 1. The SMILES string of the molecule is CCS(=O)(=O)N1CCC(c2[nH]nc3c(C#N)cc(-c4ccccc4F)cc23)CC1. The summed E-state index contributed by atoms with van der Waals surface area (Å²) in [4.78, 5) is 0. The average molecular weight is 412 g/mol. The average Bonchev–Trinajstić information content (AvgIpc) is 3.17. The number of benzene rings is 2. The van der Waals surface area contributed by atoms with Crippen molar-refractivity contribution in [2.75, 3.05) is 18.8 Å². The highest BCUT2D eigenvalue weighted by Gasteiger charge is 2.29. The van der Waals surface area contributed by atoms with E-state index in [-0.39, 0.29) is 17.5 Å². The summed E-state index contributed by atoms with van der Waals surface area (Å²) in [6.07, 6.45) is 1.34. The molecule has 1 aromatic heterocycles. The Balaban J connectivity index is 1.73. The van der Waals surface area contributed by atoms with Crippen LogP contribution in [0.25, 0.3) is 22.0 Å². The van der Waals surface area contributed by atoms with Crippen molar-refractivity contribution in [1.29, 1.82) is 5.26 Å². The summed E-state index contributed by atoms with van der Waals surface area (Å²) < 4.78 is 40.1. The number of sulfonamides is 1. The number of fused-ring (bicyclic) bond motifs is 1. The molecule has 2 aromatic carbocycles. The molecule has 1 N–H and O–H groups in total. The minimum absolute atomic E-state index is 0.0994. The highest BCUT2D eigenvalue weighted by atomic mass is 32.2. The molecule has 0 atom stereocenters. The maximum atomic E-state index is 14.3. The van der Waals surface area contributed by atoms with Crippen molar-refractivity contribution in [3.63, 3.8) is 0 Å². The topological polar surface area (TPSA) is 89.8 Å². The number of aromatic amines is 1. The Morgan fingerprint density at radius 3 is 2.66 bits per heavy atom. The fourth-order valence-electron chi connectivity index (χ4n) is 3.99. The Kier molecular flexibility index (Phi) is 5.11. The number of nitrogens with zero attached hydrogens (tertiary/aromatic N) is 3. The van der Waals surface area contributed by atoms with Gasteiger partial charge in [0.1, 0.15) is 17.4 Å². The third-order valence-corrected chi connectivity index (χ3v) is 7.50. The number of aromatic nitrogens is 2. The van der Waals surface area contributed by atoms with Crippen LogP contribution in [0.15, 0.2) is 36.4 Å². The fourth-order valence-corrected chi connectivity index (χ4v) is 5.12. The molecule has 29 heavy (non-hydrogen) atoms. The van der Waals surface area contributed by atoms with Crippen molar-refractivity contribution >= 4 is 20.9 Å². The molecule has 0 bridgehead atoms. The summed E-state index contributed by atoms with van der Waals surface area (Å²) in [5.74, 6) is -0.146. The number of halogens is 1. The van der Waals surface area contributed by atoms with Crippen LogP contribution >= 0.6 is 0 Å². The zero-order chi connectivity index (χ0) is 20.6. The van der Waals surface area contributed by atoms with E-state index in [1.54, 1.807) is 31.2 Å². The minimum Gasteiger partial charge on any atom is -0.281 e. The summed E-state index contributed by atoms with van der Waals surface area (Å²) in [6, 6.07) is 12.1. The van der Waals surface area contributed by atoms with E-state index >= 15 is 0 Å². The molecule has 2 heterocycles. The number of rotatable bonds is 4. The second-order valence-electron chi connectivity index (χ2n) is 7.22. The fraction of sp³-hybridized carbons (Fsp3) is 0.333. The van der Waals surface area contributed by atoms with Crippen LogP contribution in [0.4, 0.5) is 4.39 Å². The number of nitrogens with one attached hydrogen (secondary N) is 1. The van der Waals surface area contributed by atoms with E-state index in [0.29, 0.717) is 48.1 Å². The second-order valence-corrected chi connectivity index (χ2v) is 9.48. The van der Waals surface area contributed by atoms with Crippen molar-refractivity contribution < 1.29 is 12.8 Å². The van der Waals surface area contributed by atoms with Gasteiger partial charge in [0, 0.05) is 35.7 Å². The molecule has 4 rings (SSSR count). The van der Waals surface area contributed by atoms with E-state index < -0.39 is 10.0 Å². The smallest absolute Gasteiger partial charge is 0.213 e. The van der Waals surface area contributed by atoms with Gasteiger partial charge in [0.25, 0.3) is 0 Å². The molecule has 0 aliphatic carbocycles. The first-order valence-corrected chi connectivity index (χ1v) is 11.2. The lowest BCUT2D eigenvalue weighted by atomic mass is 9.91. The van der Waals surface area contributed by atoms with E-state index in [2.05, 4.69) is 16.3 Å². The first-order valence-electron chi connectivity index (χ1n) is 9.59. The van der Waals surface area contributed by atoms with E-state index in [0.717, 1.165) is 11.1 Å². The molecule has 3 aromatic rings. The molecule has 1 fully saturated rings. The Labute approximate surface area is 169 Å². The zero-order valence-corrected chi connectivity index (χ0v) is 16.8. The van der Waals surface area contributed by atoms with Crippen LogP contribution in [0.5, 0.6) is 0 Å². The minimum atomic E-state index is -3.19. The van der Waals surface area contributed by atoms with Gasteiger partial charge in [-0.25, -0.2) is 17.1 Å². The number of hydrogen-bond donors (Lipinski definition) is 1. The Morgan fingerprint density at radius 2 is 2.00 bits per heavy atom. The highest BCUT2D eigenvalue weighted by molar-refractivity contribution is 7.89. The molecule has 0 radical (unpaired) electrons.